The molecular weight excluding hydrogens is 290 g/mol. The maximum absolute atomic E-state index is 12.6. The second-order valence-corrected chi connectivity index (χ2v) is 5.09. The summed E-state index contributed by atoms with van der Waals surface area (Å²) in [5.41, 5.74) is -0.273. The molecule has 120 valence electrons. The monoisotopic (exact) mass is 309 g/mol. The molecule has 0 radical (unpaired) electrons. The van der Waals surface area contributed by atoms with Crippen molar-refractivity contribution in [1.29, 1.82) is 0 Å². The van der Waals surface area contributed by atoms with E-state index in [9.17, 15) is 14.9 Å². The largest absolute Gasteiger partial charge is 0.493 e. The van der Waals surface area contributed by atoms with Gasteiger partial charge < -0.3 is 19.7 Å². The number of carbonyl (C=O) groups excluding carboxylic acids is 1. The lowest BCUT2D eigenvalue weighted by atomic mass is 10.1. The van der Waals surface area contributed by atoms with Gasteiger partial charge in [-0.1, -0.05) is 0 Å². The molecule has 0 saturated carbocycles. The third-order valence-corrected chi connectivity index (χ3v) is 3.58. The van der Waals surface area contributed by atoms with E-state index in [1.165, 1.54) is 26.4 Å². The van der Waals surface area contributed by atoms with Crippen LogP contribution in [0.5, 0.6) is 11.5 Å². The topological polar surface area (TPSA) is 93.9 Å². The molecule has 8 heteroatoms. The van der Waals surface area contributed by atoms with Gasteiger partial charge in [0.1, 0.15) is 5.56 Å². The number of benzene rings is 1. The van der Waals surface area contributed by atoms with E-state index in [-0.39, 0.29) is 28.9 Å². The molecule has 1 aromatic carbocycles. The lowest BCUT2D eigenvalue weighted by Crippen LogP contribution is -2.51. The van der Waals surface area contributed by atoms with Crippen LogP contribution in [0.25, 0.3) is 0 Å². The first-order valence-corrected chi connectivity index (χ1v) is 6.91. The molecule has 1 aliphatic heterocycles. The number of nitrogens with zero attached hydrogens (tertiary/aromatic N) is 2. The summed E-state index contributed by atoms with van der Waals surface area (Å²) in [6, 6.07) is 2.74. The number of nitrogens with one attached hydrogen (secondary N) is 1. The molecule has 0 spiro atoms. The van der Waals surface area contributed by atoms with E-state index < -0.39 is 4.92 Å². The van der Waals surface area contributed by atoms with Crippen molar-refractivity contribution in [3.8, 4) is 11.5 Å². The Balaban J connectivity index is 2.43. The molecule has 1 aromatic rings. The maximum Gasteiger partial charge on any atom is 0.286 e. The smallest absolute Gasteiger partial charge is 0.286 e. The summed E-state index contributed by atoms with van der Waals surface area (Å²) in [5, 5.41) is 14.5. The average molecular weight is 309 g/mol. The molecule has 0 aromatic heterocycles. The van der Waals surface area contributed by atoms with Crippen molar-refractivity contribution in [3.63, 3.8) is 0 Å². The van der Waals surface area contributed by atoms with E-state index in [0.717, 1.165) is 0 Å². The Morgan fingerprint density at radius 1 is 1.36 bits per heavy atom. The molecule has 1 N–H and O–H groups in total. The number of piperazine rings is 1. The van der Waals surface area contributed by atoms with Gasteiger partial charge in [0.2, 0.25) is 0 Å². The molecule has 1 aliphatic rings. The van der Waals surface area contributed by atoms with Crippen molar-refractivity contribution >= 4 is 11.6 Å². The summed E-state index contributed by atoms with van der Waals surface area (Å²) >= 11 is 0. The Bertz CT molecular complexity index is 590. The maximum atomic E-state index is 12.6. The molecule has 1 fully saturated rings. The Morgan fingerprint density at radius 3 is 2.55 bits per heavy atom. The number of rotatable bonds is 4. The van der Waals surface area contributed by atoms with Gasteiger partial charge in [0.05, 0.1) is 25.2 Å². The average Bonchev–Trinajstić information content (AvgIpc) is 2.52. The third kappa shape index (κ3) is 3.11. The summed E-state index contributed by atoms with van der Waals surface area (Å²) in [7, 11) is 2.81. The van der Waals surface area contributed by atoms with Crippen molar-refractivity contribution in [2.75, 3.05) is 33.9 Å². The van der Waals surface area contributed by atoms with Gasteiger partial charge in [0.15, 0.2) is 11.5 Å². The highest BCUT2D eigenvalue weighted by Gasteiger charge is 2.29. The van der Waals surface area contributed by atoms with Crippen molar-refractivity contribution in [2.45, 2.75) is 13.0 Å². The number of ether oxygens (including phenoxy) is 2. The highest BCUT2D eigenvalue weighted by Crippen LogP contribution is 2.35. The predicted molar refractivity (Wildman–Crippen MR) is 79.6 cm³/mol. The number of nitro benzene ring substituents is 1. The Kier molecular flexibility index (Phi) is 4.81. The first-order chi connectivity index (χ1) is 10.5. The SMILES string of the molecule is COc1cc(C(=O)N2CCN[C@@H](C)C2)c([N+](=O)[O-])cc1OC. The van der Waals surface area contributed by atoms with Crippen LogP contribution in [0, 0.1) is 10.1 Å². The summed E-state index contributed by atoms with van der Waals surface area (Å²) in [6.07, 6.45) is 0. The number of amides is 1. The Labute approximate surface area is 128 Å². The number of carbonyl (C=O) groups is 1. The van der Waals surface area contributed by atoms with Crippen molar-refractivity contribution in [1.82, 2.24) is 10.2 Å². The normalized spacial score (nSPS) is 18.0. The van der Waals surface area contributed by atoms with Crippen LogP contribution in [0.15, 0.2) is 12.1 Å². The Hall–Kier alpha value is -2.35. The van der Waals surface area contributed by atoms with Crippen LogP contribution in [0.2, 0.25) is 0 Å². The quantitative estimate of drug-likeness (QED) is 0.660. The van der Waals surface area contributed by atoms with Crippen LogP contribution in [-0.2, 0) is 0 Å². The zero-order valence-electron chi connectivity index (χ0n) is 12.8. The Morgan fingerprint density at radius 2 is 2.00 bits per heavy atom. The van der Waals surface area contributed by atoms with Gasteiger partial charge in [-0.15, -0.1) is 0 Å². The van der Waals surface area contributed by atoms with Crippen molar-refractivity contribution in [2.24, 2.45) is 0 Å². The number of nitro groups is 1. The van der Waals surface area contributed by atoms with E-state index >= 15 is 0 Å². The zero-order valence-corrected chi connectivity index (χ0v) is 12.8. The molecule has 0 bridgehead atoms. The molecule has 1 atom stereocenters. The highest BCUT2D eigenvalue weighted by molar-refractivity contribution is 5.99. The van der Waals surface area contributed by atoms with E-state index in [1.54, 1.807) is 4.90 Å². The van der Waals surface area contributed by atoms with E-state index in [2.05, 4.69) is 5.32 Å². The summed E-state index contributed by atoms with van der Waals surface area (Å²) in [5.74, 6) is 0.139. The molecule has 1 amide bonds. The van der Waals surface area contributed by atoms with Crippen LogP contribution >= 0.6 is 0 Å². The number of hydrogen-bond acceptors (Lipinski definition) is 6. The van der Waals surface area contributed by atoms with Crippen LogP contribution < -0.4 is 14.8 Å². The molecule has 0 unspecified atom stereocenters. The first-order valence-electron chi connectivity index (χ1n) is 6.91. The standard InChI is InChI=1S/C14H19N3O5/c1-9-8-16(5-4-15-9)14(18)10-6-12(21-2)13(22-3)7-11(10)17(19)20/h6-7,9,15H,4-5,8H2,1-3H3/t9-/m0/s1. The van der Waals surface area contributed by atoms with Crippen LogP contribution in [0.3, 0.4) is 0 Å². The molecule has 0 aliphatic carbocycles. The highest BCUT2D eigenvalue weighted by atomic mass is 16.6. The van der Waals surface area contributed by atoms with Gasteiger partial charge in [0.25, 0.3) is 11.6 Å². The first kappa shape index (κ1) is 16.0. The summed E-state index contributed by atoms with van der Waals surface area (Å²) < 4.78 is 10.2. The van der Waals surface area contributed by atoms with E-state index in [1.807, 2.05) is 6.92 Å². The fourth-order valence-electron chi connectivity index (χ4n) is 2.48. The molecule has 22 heavy (non-hydrogen) atoms. The lowest BCUT2D eigenvalue weighted by Gasteiger charge is -2.31. The third-order valence-electron chi connectivity index (χ3n) is 3.58. The molecular formula is C14H19N3O5. The minimum atomic E-state index is -0.583. The minimum absolute atomic E-state index is 0.0109. The van der Waals surface area contributed by atoms with Gasteiger partial charge >= 0.3 is 0 Å². The molecule has 8 nitrogen and oxygen atoms in total. The second-order valence-electron chi connectivity index (χ2n) is 5.09. The van der Waals surface area contributed by atoms with Gasteiger partial charge in [-0.05, 0) is 6.92 Å². The van der Waals surface area contributed by atoms with Crippen molar-refractivity contribution < 1.29 is 19.2 Å². The van der Waals surface area contributed by atoms with Gasteiger partial charge in [-0.25, -0.2) is 0 Å². The van der Waals surface area contributed by atoms with Gasteiger partial charge in [-0.2, -0.15) is 0 Å². The van der Waals surface area contributed by atoms with Crippen LogP contribution in [-0.4, -0.2) is 55.6 Å². The second kappa shape index (κ2) is 6.61. The minimum Gasteiger partial charge on any atom is -0.493 e. The van der Waals surface area contributed by atoms with Crippen LogP contribution in [0.4, 0.5) is 5.69 Å². The van der Waals surface area contributed by atoms with Crippen LogP contribution in [0.1, 0.15) is 17.3 Å². The van der Waals surface area contributed by atoms with Crippen molar-refractivity contribution in [3.05, 3.63) is 27.8 Å². The van der Waals surface area contributed by atoms with Gasteiger partial charge in [0, 0.05) is 31.7 Å². The van der Waals surface area contributed by atoms with E-state index in [0.29, 0.717) is 25.4 Å². The van der Waals surface area contributed by atoms with Gasteiger partial charge in [-0.3, -0.25) is 14.9 Å². The molecule has 2 rings (SSSR count). The van der Waals surface area contributed by atoms with E-state index in [4.69, 9.17) is 9.47 Å². The fourth-order valence-corrected chi connectivity index (χ4v) is 2.48. The zero-order chi connectivity index (χ0) is 16.3. The number of hydrogen-bond donors (Lipinski definition) is 1. The summed E-state index contributed by atoms with van der Waals surface area (Å²) in [4.78, 5) is 24.9. The number of methoxy groups -OCH3 is 2. The molecule has 1 heterocycles. The lowest BCUT2D eigenvalue weighted by molar-refractivity contribution is -0.385. The summed E-state index contributed by atoms with van der Waals surface area (Å²) in [6.45, 7) is 3.63. The predicted octanol–water partition coefficient (Wildman–Crippen LogP) is 1.05. The fraction of sp³-hybridized carbons (Fsp3) is 0.500. The molecule has 1 saturated heterocycles.